The molecule has 0 aliphatic carbocycles. The summed E-state index contributed by atoms with van der Waals surface area (Å²) in [4.78, 5) is 11.9. The molecular weight excluding hydrogens is 214 g/mol. The lowest BCUT2D eigenvalue weighted by Crippen LogP contribution is -2.22. The molecule has 0 fully saturated rings. The van der Waals surface area contributed by atoms with Crippen molar-refractivity contribution in [1.82, 2.24) is 15.5 Å². The van der Waals surface area contributed by atoms with Gasteiger partial charge >= 0.3 is 0 Å². The van der Waals surface area contributed by atoms with Crippen LogP contribution in [0.1, 0.15) is 27.0 Å². The molecule has 0 bridgehead atoms. The number of rotatable bonds is 3. The van der Waals surface area contributed by atoms with E-state index in [4.69, 9.17) is 0 Å². The molecule has 1 heterocycles. The Morgan fingerprint density at radius 2 is 2.18 bits per heavy atom. The van der Waals surface area contributed by atoms with Gasteiger partial charge < -0.3 is 5.32 Å². The predicted molar refractivity (Wildman–Crippen MR) is 65.7 cm³/mol. The summed E-state index contributed by atoms with van der Waals surface area (Å²) < 4.78 is 0. The number of nitrogens with zero attached hydrogens (tertiary/aromatic N) is 1. The van der Waals surface area contributed by atoms with Crippen LogP contribution in [0.25, 0.3) is 0 Å². The summed E-state index contributed by atoms with van der Waals surface area (Å²) in [5.41, 5.74) is 3.97. The topological polar surface area (TPSA) is 57.8 Å². The number of carbonyl (C=O) groups excluding carboxylic acids is 1. The van der Waals surface area contributed by atoms with E-state index in [0.29, 0.717) is 12.1 Å². The Hall–Kier alpha value is -2.10. The molecule has 0 unspecified atom stereocenters. The number of hydrogen-bond acceptors (Lipinski definition) is 2. The highest BCUT2D eigenvalue weighted by atomic mass is 16.1. The van der Waals surface area contributed by atoms with Crippen LogP contribution in [0.4, 0.5) is 0 Å². The van der Waals surface area contributed by atoms with Crippen LogP contribution in [-0.4, -0.2) is 16.1 Å². The lowest BCUT2D eigenvalue weighted by atomic mass is 10.1. The fourth-order valence-electron chi connectivity index (χ4n) is 1.54. The van der Waals surface area contributed by atoms with E-state index in [1.807, 2.05) is 32.0 Å². The zero-order valence-electron chi connectivity index (χ0n) is 9.95. The Bertz CT molecular complexity index is 517. The lowest BCUT2D eigenvalue weighted by molar-refractivity contribution is 0.0951. The molecule has 2 aromatic rings. The van der Waals surface area contributed by atoms with Crippen molar-refractivity contribution in [3.05, 3.63) is 52.8 Å². The fourth-order valence-corrected chi connectivity index (χ4v) is 1.54. The molecule has 4 heteroatoms. The Kier molecular flexibility index (Phi) is 3.23. The van der Waals surface area contributed by atoms with Crippen molar-refractivity contribution in [2.24, 2.45) is 0 Å². The van der Waals surface area contributed by atoms with Crippen LogP contribution in [0.3, 0.4) is 0 Å². The van der Waals surface area contributed by atoms with Gasteiger partial charge in [-0.3, -0.25) is 9.89 Å². The third-order valence-electron chi connectivity index (χ3n) is 2.78. The van der Waals surface area contributed by atoms with Gasteiger partial charge in [-0.25, -0.2) is 0 Å². The summed E-state index contributed by atoms with van der Waals surface area (Å²) in [6, 6.07) is 5.70. The third-order valence-corrected chi connectivity index (χ3v) is 2.78. The fraction of sp³-hybridized carbons (Fsp3) is 0.231. The minimum absolute atomic E-state index is 0.0608. The first kappa shape index (κ1) is 11.4. The summed E-state index contributed by atoms with van der Waals surface area (Å²) in [6.07, 6.45) is 3.46. The van der Waals surface area contributed by atoms with E-state index in [-0.39, 0.29) is 5.91 Å². The van der Waals surface area contributed by atoms with Crippen LogP contribution in [0.2, 0.25) is 0 Å². The molecule has 0 aliphatic rings. The van der Waals surface area contributed by atoms with Gasteiger partial charge in [0.05, 0.1) is 6.20 Å². The van der Waals surface area contributed by atoms with Crippen LogP contribution in [0, 0.1) is 13.8 Å². The quantitative estimate of drug-likeness (QED) is 0.845. The molecule has 1 aromatic heterocycles. The molecule has 1 aromatic carbocycles. The molecular formula is C13H15N3O. The van der Waals surface area contributed by atoms with E-state index < -0.39 is 0 Å². The van der Waals surface area contributed by atoms with Gasteiger partial charge in [0, 0.05) is 23.9 Å². The average molecular weight is 229 g/mol. The van der Waals surface area contributed by atoms with Crippen LogP contribution in [0.15, 0.2) is 30.6 Å². The molecule has 88 valence electrons. The minimum Gasteiger partial charge on any atom is -0.348 e. The van der Waals surface area contributed by atoms with E-state index in [1.54, 1.807) is 12.4 Å². The van der Waals surface area contributed by atoms with Gasteiger partial charge in [0.15, 0.2) is 0 Å². The molecule has 0 spiro atoms. The zero-order valence-corrected chi connectivity index (χ0v) is 9.95. The number of nitrogens with one attached hydrogen (secondary N) is 2. The Morgan fingerprint density at radius 3 is 2.82 bits per heavy atom. The van der Waals surface area contributed by atoms with Crippen molar-refractivity contribution >= 4 is 5.91 Å². The van der Waals surface area contributed by atoms with Crippen LogP contribution in [0.5, 0.6) is 0 Å². The first-order chi connectivity index (χ1) is 8.16. The monoisotopic (exact) mass is 229 g/mol. The highest BCUT2D eigenvalue weighted by Crippen LogP contribution is 2.09. The summed E-state index contributed by atoms with van der Waals surface area (Å²) >= 11 is 0. The zero-order chi connectivity index (χ0) is 12.3. The van der Waals surface area contributed by atoms with Gasteiger partial charge in [-0.05, 0) is 37.1 Å². The van der Waals surface area contributed by atoms with E-state index >= 15 is 0 Å². The Balaban J connectivity index is 2.02. The Labute approximate surface area is 100 Å². The van der Waals surface area contributed by atoms with Crippen LogP contribution < -0.4 is 5.32 Å². The Morgan fingerprint density at radius 1 is 1.35 bits per heavy atom. The molecule has 2 N–H and O–H groups in total. The van der Waals surface area contributed by atoms with Gasteiger partial charge in [0.25, 0.3) is 5.91 Å². The van der Waals surface area contributed by atoms with Crippen molar-refractivity contribution in [1.29, 1.82) is 0 Å². The summed E-state index contributed by atoms with van der Waals surface area (Å²) in [5.74, 6) is -0.0608. The maximum Gasteiger partial charge on any atom is 0.251 e. The molecule has 0 aliphatic heterocycles. The number of hydrogen-bond donors (Lipinski definition) is 2. The standard InChI is InChI=1S/C13H15N3O/c1-9-3-4-12(5-10(9)2)13(17)14-6-11-7-15-16-8-11/h3-5,7-8H,6H2,1-2H3,(H,14,17)(H,15,16). The lowest BCUT2D eigenvalue weighted by Gasteiger charge is -2.06. The maximum absolute atomic E-state index is 11.9. The number of amides is 1. The molecule has 1 amide bonds. The van der Waals surface area contributed by atoms with E-state index in [1.165, 1.54) is 5.56 Å². The number of benzene rings is 1. The largest absolute Gasteiger partial charge is 0.348 e. The second-order valence-corrected chi connectivity index (χ2v) is 4.09. The highest BCUT2D eigenvalue weighted by Gasteiger charge is 2.06. The van der Waals surface area contributed by atoms with Gasteiger partial charge in [0.1, 0.15) is 0 Å². The van der Waals surface area contributed by atoms with E-state index in [0.717, 1.165) is 11.1 Å². The highest BCUT2D eigenvalue weighted by molar-refractivity contribution is 5.94. The van der Waals surface area contributed by atoms with Crippen molar-refractivity contribution in [2.45, 2.75) is 20.4 Å². The molecule has 2 rings (SSSR count). The SMILES string of the molecule is Cc1ccc(C(=O)NCc2cn[nH]c2)cc1C. The van der Waals surface area contributed by atoms with Gasteiger partial charge in [-0.15, -0.1) is 0 Å². The summed E-state index contributed by atoms with van der Waals surface area (Å²) in [7, 11) is 0. The molecule has 4 nitrogen and oxygen atoms in total. The molecule has 0 saturated carbocycles. The maximum atomic E-state index is 11.9. The van der Waals surface area contributed by atoms with Crippen molar-refractivity contribution in [2.75, 3.05) is 0 Å². The predicted octanol–water partition coefficient (Wildman–Crippen LogP) is 1.96. The molecule has 0 atom stereocenters. The second kappa shape index (κ2) is 4.82. The van der Waals surface area contributed by atoms with Gasteiger partial charge in [0.2, 0.25) is 0 Å². The first-order valence-corrected chi connectivity index (χ1v) is 5.50. The van der Waals surface area contributed by atoms with Gasteiger partial charge in [-0.1, -0.05) is 6.07 Å². The van der Waals surface area contributed by atoms with Crippen molar-refractivity contribution in [3.8, 4) is 0 Å². The van der Waals surface area contributed by atoms with Gasteiger partial charge in [-0.2, -0.15) is 5.10 Å². The average Bonchev–Trinajstić information content (AvgIpc) is 2.82. The number of aromatic nitrogens is 2. The van der Waals surface area contributed by atoms with E-state index in [9.17, 15) is 4.79 Å². The normalized spacial score (nSPS) is 10.2. The third kappa shape index (κ3) is 2.72. The number of H-pyrrole nitrogens is 1. The number of aromatic amines is 1. The minimum atomic E-state index is -0.0608. The smallest absolute Gasteiger partial charge is 0.251 e. The molecule has 0 radical (unpaired) electrons. The van der Waals surface area contributed by atoms with Crippen molar-refractivity contribution in [3.63, 3.8) is 0 Å². The van der Waals surface area contributed by atoms with Crippen LogP contribution in [-0.2, 0) is 6.54 Å². The summed E-state index contributed by atoms with van der Waals surface area (Å²) in [5, 5.41) is 9.38. The van der Waals surface area contributed by atoms with Crippen molar-refractivity contribution < 1.29 is 4.79 Å². The molecule has 0 saturated heterocycles. The number of carbonyl (C=O) groups is 1. The second-order valence-electron chi connectivity index (χ2n) is 4.09. The first-order valence-electron chi connectivity index (χ1n) is 5.50. The summed E-state index contributed by atoms with van der Waals surface area (Å²) in [6.45, 7) is 4.52. The van der Waals surface area contributed by atoms with Crippen LogP contribution >= 0.6 is 0 Å². The number of aryl methyl sites for hydroxylation is 2. The van der Waals surface area contributed by atoms with E-state index in [2.05, 4.69) is 15.5 Å². The molecule has 17 heavy (non-hydrogen) atoms.